The third-order valence-corrected chi connectivity index (χ3v) is 8.34. The largest absolute Gasteiger partial charge is 0.326 e. The molecule has 7 heteroatoms. The number of nitrogens with one attached hydrogen (secondary N) is 2. The molecule has 2 N–H and O–H groups in total. The summed E-state index contributed by atoms with van der Waals surface area (Å²) >= 11 is 0. The van der Waals surface area contributed by atoms with E-state index in [0.29, 0.717) is 23.9 Å². The zero-order valence-electron chi connectivity index (χ0n) is 19.3. The van der Waals surface area contributed by atoms with Crippen LogP contribution in [0.25, 0.3) is 0 Å². The van der Waals surface area contributed by atoms with Crippen molar-refractivity contribution in [2.75, 3.05) is 5.32 Å². The Balaban J connectivity index is 1.39. The number of carbonyl (C=O) groups excluding carboxylic acids is 2. The van der Waals surface area contributed by atoms with Gasteiger partial charge in [0.15, 0.2) is 0 Å². The summed E-state index contributed by atoms with van der Waals surface area (Å²) in [5.41, 5.74) is 0.544. The van der Waals surface area contributed by atoms with Crippen molar-refractivity contribution >= 4 is 27.5 Å². The number of anilines is 1. The molecule has 178 valence electrons. The molecule has 0 spiro atoms. The summed E-state index contributed by atoms with van der Waals surface area (Å²) < 4.78 is 26.0. The Morgan fingerprint density at radius 3 is 2.38 bits per heavy atom. The van der Waals surface area contributed by atoms with Gasteiger partial charge in [-0.15, -0.1) is 0 Å². The third-order valence-electron chi connectivity index (χ3n) is 6.97. The van der Waals surface area contributed by atoms with Crippen LogP contribution in [0, 0.1) is 11.8 Å². The second-order valence-corrected chi connectivity index (χ2v) is 11.1. The van der Waals surface area contributed by atoms with Crippen molar-refractivity contribution < 1.29 is 18.0 Å². The van der Waals surface area contributed by atoms with Crippen LogP contribution < -0.4 is 10.0 Å². The van der Waals surface area contributed by atoms with E-state index in [1.807, 2.05) is 4.72 Å². The SMILES string of the molecule is CCCCCCCCCCCC1CCCC1CC(=O)Nc1ccc2c(c1)S(=O)(=O)NC2=O. The average Bonchev–Trinajstić information content (AvgIpc) is 3.27. The van der Waals surface area contributed by atoms with E-state index in [2.05, 4.69) is 12.2 Å². The summed E-state index contributed by atoms with van der Waals surface area (Å²) in [5.74, 6) is 0.324. The van der Waals surface area contributed by atoms with E-state index >= 15 is 0 Å². The summed E-state index contributed by atoms with van der Waals surface area (Å²) in [6.07, 6.45) is 17.1. The number of hydrogen-bond donors (Lipinski definition) is 2. The predicted molar refractivity (Wildman–Crippen MR) is 127 cm³/mol. The molecule has 2 unspecified atom stereocenters. The van der Waals surface area contributed by atoms with Gasteiger partial charge in [-0.05, 0) is 36.5 Å². The first kappa shape index (κ1) is 24.7. The van der Waals surface area contributed by atoms with Crippen molar-refractivity contribution in [1.29, 1.82) is 0 Å². The van der Waals surface area contributed by atoms with Gasteiger partial charge in [0.2, 0.25) is 5.91 Å². The maximum atomic E-state index is 12.6. The molecule has 1 aromatic carbocycles. The minimum atomic E-state index is -3.82. The number of hydrogen-bond acceptors (Lipinski definition) is 4. The highest BCUT2D eigenvalue weighted by molar-refractivity contribution is 7.90. The van der Waals surface area contributed by atoms with Gasteiger partial charge in [-0.2, -0.15) is 0 Å². The lowest BCUT2D eigenvalue weighted by Gasteiger charge is -2.19. The fraction of sp³-hybridized carbons (Fsp3) is 0.680. The number of sulfonamides is 1. The highest BCUT2D eigenvalue weighted by Crippen LogP contribution is 2.38. The third kappa shape index (κ3) is 6.80. The van der Waals surface area contributed by atoms with Gasteiger partial charge in [0.05, 0.1) is 5.56 Å². The van der Waals surface area contributed by atoms with Gasteiger partial charge in [0.1, 0.15) is 4.90 Å². The van der Waals surface area contributed by atoms with Gasteiger partial charge in [-0.3, -0.25) is 9.59 Å². The van der Waals surface area contributed by atoms with Crippen molar-refractivity contribution in [1.82, 2.24) is 4.72 Å². The zero-order chi connectivity index (χ0) is 23.0. The molecule has 1 aliphatic heterocycles. The molecule has 1 aliphatic carbocycles. The minimum absolute atomic E-state index is 0.0654. The molecule has 2 aliphatic rings. The molecule has 2 amide bonds. The van der Waals surface area contributed by atoms with E-state index in [1.54, 1.807) is 6.07 Å². The van der Waals surface area contributed by atoms with Crippen molar-refractivity contribution in [2.24, 2.45) is 11.8 Å². The fourth-order valence-electron chi connectivity index (χ4n) is 5.17. The smallest absolute Gasteiger partial charge is 0.266 e. The quantitative estimate of drug-likeness (QED) is 0.363. The van der Waals surface area contributed by atoms with E-state index < -0.39 is 15.9 Å². The molecule has 0 saturated heterocycles. The number of carbonyl (C=O) groups is 2. The maximum Gasteiger partial charge on any atom is 0.266 e. The van der Waals surface area contributed by atoms with Crippen molar-refractivity contribution in [3.8, 4) is 0 Å². The minimum Gasteiger partial charge on any atom is -0.326 e. The van der Waals surface area contributed by atoms with Crippen LogP contribution in [0.1, 0.15) is 107 Å². The van der Waals surface area contributed by atoms with Crippen LogP contribution in [0.15, 0.2) is 23.1 Å². The van der Waals surface area contributed by atoms with Gasteiger partial charge < -0.3 is 5.32 Å². The predicted octanol–water partition coefficient (Wildman–Crippen LogP) is 5.78. The molecule has 3 rings (SSSR count). The first-order valence-electron chi connectivity index (χ1n) is 12.4. The van der Waals surface area contributed by atoms with E-state index in [1.165, 1.54) is 89.2 Å². The second-order valence-electron chi connectivity index (χ2n) is 9.47. The highest BCUT2D eigenvalue weighted by Gasteiger charge is 2.33. The molecule has 0 bridgehead atoms. The molecule has 32 heavy (non-hydrogen) atoms. The molecule has 6 nitrogen and oxygen atoms in total. The van der Waals surface area contributed by atoms with Crippen molar-refractivity contribution in [3.63, 3.8) is 0 Å². The number of benzene rings is 1. The fourth-order valence-corrected chi connectivity index (χ4v) is 6.37. The summed E-state index contributed by atoms with van der Waals surface area (Å²) in [7, 11) is -3.82. The Hall–Kier alpha value is -1.89. The lowest BCUT2D eigenvalue weighted by molar-refractivity contribution is -0.117. The van der Waals surface area contributed by atoms with Gasteiger partial charge >= 0.3 is 0 Å². The van der Waals surface area contributed by atoms with Crippen LogP contribution in [0.3, 0.4) is 0 Å². The lowest BCUT2D eigenvalue weighted by atomic mass is 9.88. The number of unbranched alkanes of at least 4 members (excludes halogenated alkanes) is 8. The van der Waals surface area contributed by atoms with Gasteiger partial charge in [0.25, 0.3) is 15.9 Å². The van der Waals surface area contributed by atoms with E-state index in [0.717, 1.165) is 6.42 Å². The van der Waals surface area contributed by atoms with Crippen LogP contribution in [0.5, 0.6) is 0 Å². The molecule has 1 fully saturated rings. The average molecular weight is 463 g/mol. The van der Waals surface area contributed by atoms with Crippen LogP contribution in [0.4, 0.5) is 5.69 Å². The van der Waals surface area contributed by atoms with Crippen LogP contribution in [0.2, 0.25) is 0 Å². The normalized spacial score (nSPS) is 21.3. The molecule has 1 saturated carbocycles. The topological polar surface area (TPSA) is 92.3 Å². The Kier molecular flexibility index (Phi) is 9.14. The standard InChI is InChI=1S/C25H38N2O4S/c1-2-3-4-5-6-7-8-9-10-12-19-13-11-14-20(19)17-24(28)26-21-15-16-22-23(18-21)32(30,31)27-25(22)29/h15-16,18-20H,2-14,17H2,1H3,(H,26,28)(H,27,29). The first-order chi connectivity index (χ1) is 15.4. The number of amides is 2. The molecular weight excluding hydrogens is 424 g/mol. The van der Waals surface area contributed by atoms with E-state index in [4.69, 9.17) is 0 Å². The first-order valence-corrected chi connectivity index (χ1v) is 13.9. The van der Waals surface area contributed by atoms with Gasteiger partial charge in [0, 0.05) is 12.1 Å². The monoisotopic (exact) mass is 462 g/mol. The lowest BCUT2D eigenvalue weighted by Crippen LogP contribution is -2.20. The Bertz CT molecular complexity index is 897. The molecule has 1 aromatic rings. The highest BCUT2D eigenvalue weighted by atomic mass is 32.2. The summed E-state index contributed by atoms with van der Waals surface area (Å²) in [5, 5.41) is 2.83. The maximum absolute atomic E-state index is 12.6. The van der Waals surface area contributed by atoms with Crippen LogP contribution >= 0.6 is 0 Å². The van der Waals surface area contributed by atoms with E-state index in [9.17, 15) is 18.0 Å². The van der Waals surface area contributed by atoms with Crippen molar-refractivity contribution in [2.45, 2.75) is 102 Å². The van der Waals surface area contributed by atoms with Gasteiger partial charge in [-0.1, -0.05) is 84.0 Å². The molecule has 0 radical (unpaired) electrons. The van der Waals surface area contributed by atoms with Crippen LogP contribution in [-0.2, 0) is 14.8 Å². The summed E-state index contributed by atoms with van der Waals surface area (Å²) in [6.45, 7) is 2.25. The zero-order valence-corrected chi connectivity index (χ0v) is 20.1. The number of fused-ring (bicyclic) bond motifs is 1. The van der Waals surface area contributed by atoms with Crippen LogP contribution in [-0.4, -0.2) is 20.2 Å². The molecule has 1 heterocycles. The summed E-state index contributed by atoms with van der Waals surface area (Å²) in [4.78, 5) is 24.3. The molecular formula is C25H38N2O4S. The number of rotatable bonds is 13. The second kappa shape index (κ2) is 11.8. The Morgan fingerprint density at radius 1 is 1.00 bits per heavy atom. The Morgan fingerprint density at radius 2 is 1.66 bits per heavy atom. The van der Waals surface area contributed by atoms with E-state index in [-0.39, 0.29) is 16.4 Å². The van der Waals surface area contributed by atoms with Gasteiger partial charge in [-0.25, -0.2) is 13.1 Å². The molecule has 2 atom stereocenters. The molecule has 0 aromatic heterocycles. The Labute approximate surface area is 193 Å². The van der Waals surface area contributed by atoms with Crippen molar-refractivity contribution in [3.05, 3.63) is 23.8 Å². The summed E-state index contributed by atoms with van der Waals surface area (Å²) in [6, 6.07) is 4.41.